The quantitative estimate of drug-likeness (QED) is 0.151. The van der Waals surface area contributed by atoms with Crippen LogP contribution in [0.4, 0.5) is 11.4 Å². The Labute approximate surface area is 296 Å². The van der Waals surface area contributed by atoms with Crippen molar-refractivity contribution in [3.8, 4) is 11.1 Å². The molecule has 7 aromatic rings. The maximum atomic E-state index is 2.42. The molecule has 0 bridgehead atoms. The van der Waals surface area contributed by atoms with Gasteiger partial charge >= 0.3 is 0 Å². The minimum absolute atomic E-state index is 0.339. The van der Waals surface area contributed by atoms with E-state index in [1.54, 1.807) is 0 Å². The SMILES string of the molecule is CC1C=CC(N(c2ccc(-c3ccc(C(C)[C@@H](Cc4ccccc4)c4cccc5ccccc45)cc3)cc2)c2cccc3ccccc23)=CC1. The van der Waals surface area contributed by atoms with Crippen molar-refractivity contribution in [1.82, 2.24) is 0 Å². The zero-order valence-electron chi connectivity index (χ0n) is 28.9. The molecular formula is C49H43N. The molecule has 1 aliphatic rings. The Balaban J connectivity index is 1.10. The van der Waals surface area contributed by atoms with E-state index in [-0.39, 0.29) is 0 Å². The lowest BCUT2D eigenvalue weighted by molar-refractivity contribution is 0.576. The van der Waals surface area contributed by atoms with Crippen molar-refractivity contribution in [1.29, 1.82) is 0 Å². The van der Waals surface area contributed by atoms with Gasteiger partial charge < -0.3 is 4.90 Å². The van der Waals surface area contributed by atoms with Crippen LogP contribution in [-0.2, 0) is 6.42 Å². The second kappa shape index (κ2) is 14.1. The highest BCUT2D eigenvalue weighted by molar-refractivity contribution is 5.97. The molecule has 0 heterocycles. The number of nitrogens with zero attached hydrogens (tertiary/aromatic N) is 1. The molecular weight excluding hydrogens is 603 g/mol. The predicted molar refractivity (Wildman–Crippen MR) is 214 cm³/mol. The van der Waals surface area contributed by atoms with Gasteiger partial charge in [0.05, 0.1) is 5.69 Å². The molecule has 0 radical (unpaired) electrons. The van der Waals surface area contributed by atoms with Gasteiger partial charge in [-0.3, -0.25) is 0 Å². The van der Waals surface area contributed by atoms with E-state index in [4.69, 9.17) is 0 Å². The van der Waals surface area contributed by atoms with Crippen LogP contribution in [0, 0.1) is 5.92 Å². The summed E-state index contributed by atoms with van der Waals surface area (Å²) in [5.74, 6) is 1.24. The molecule has 0 aromatic heterocycles. The molecule has 0 fully saturated rings. The van der Waals surface area contributed by atoms with Crippen LogP contribution in [-0.4, -0.2) is 0 Å². The Hall–Kier alpha value is -5.66. The lowest BCUT2D eigenvalue weighted by Crippen LogP contribution is -2.17. The van der Waals surface area contributed by atoms with Crippen LogP contribution in [0.25, 0.3) is 32.7 Å². The van der Waals surface area contributed by atoms with E-state index in [0.717, 1.165) is 12.8 Å². The molecule has 0 N–H and O–H groups in total. The molecule has 0 amide bonds. The summed E-state index contributed by atoms with van der Waals surface area (Å²) in [7, 11) is 0. The molecule has 1 nitrogen and oxygen atoms in total. The minimum Gasteiger partial charge on any atom is -0.310 e. The van der Waals surface area contributed by atoms with E-state index in [0.29, 0.717) is 17.8 Å². The summed E-state index contributed by atoms with van der Waals surface area (Å²) in [6.07, 6.45) is 9.03. The van der Waals surface area contributed by atoms with Crippen LogP contribution in [0.15, 0.2) is 188 Å². The Bertz CT molecular complexity index is 2280. The zero-order valence-corrected chi connectivity index (χ0v) is 28.9. The van der Waals surface area contributed by atoms with Gasteiger partial charge in [0.1, 0.15) is 0 Å². The monoisotopic (exact) mass is 645 g/mol. The van der Waals surface area contributed by atoms with Crippen LogP contribution in [0.1, 0.15) is 48.8 Å². The van der Waals surface area contributed by atoms with Gasteiger partial charge in [0.2, 0.25) is 0 Å². The highest BCUT2D eigenvalue weighted by Crippen LogP contribution is 2.41. The van der Waals surface area contributed by atoms with E-state index < -0.39 is 0 Å². The maximum absolute atomic E-state index is 2.42. The molecule has 3 atom stereocenters. The number of benzene rings is 7. The number of fused-ring (bicyclic) bond motifs is 2. The molecule has 244 valence electrons. The third-order valence-electron chi connectivity index (χ3n) is 10.6. The second-order valence-electron chi connectivity index (χ2n) is 13.9. The number of anilines is 2. The summed E-state index contributed by atoms with van der Waals surface area (Å²) in [6.45, 7) is 4.68. The van der Waals surface area contributed by atoms with Crippen LogP contribution >= 0.6 is 0 Å². The van der Waals surface area contributed by atoms with Crippen molar-refractivity contribution in [2.24, 2.45) is 5.92 Å². The van der Waals surface area contributed by atoms with Crippen molar-refractivity contribution in [3.05, 3.63) is 204 Å². The first-order valence-electron chi connectivity index (χ1n) is 18.0. The summed E-state index contributed by atoms with van der Waals surface area (Å²) in [5.41, 5.74) is 10.2. The van der Waals surface area contributed by atoms with E-state index in [1.165, 1.54) is 66.4 Å². The van der Waals surface area contributed by atoms with Crippen molar-refractivity contribution in [3.63, 3.8) is 0 Å². The van der Waals surface area contributed by atoms with Gasteiger partial charge in [-0.1, -0.05) is 172 Å². The largest absolute Gasteiger partial charge is 0.310 e. The number of hydrogen-bond acceptors (Lipinski definition) is 1. The van der Waals surface area contributed by atoms with Gasteiger partial charge in [-0.25, -0.2) is 0 Å². The van der Waals surface area contributed by atoms with Crippen molar-refractivity contribution >= 4 is 32.9 Å². The molecule has 0 saturated heterocycles. The summed E-state index contributed by atoms with van der Waals surface area (Å²) in [4.78, 5) is 2.42. The fraction of sp³-hybridized carbons (Fsp3) is 0.143. The van der Waals surface area contributed by atoms with Gasteiger partial charge in [-0.2, -0.15) is 0 Å². The van der Waals surface area contributed by atoms with Crippen molar-refractivity contribution in [2.45, 2.75) is 38.5 Å². The lowest BCUT2D eigenvalue weighted by Gasteiger charge is -2.29. The molecule has 0 saturated carbocycles. The number of allylic oxidation sites excluding steroid dienone is 3. The summed E-state index contributed by atoms with van der Waals surface area (Å²) in [6, 6.07) is 60.2. The maximum Gasteiger partial charge on any atom is 0.0539 e. The van der Waals surface area contributed by atoms with E-state index in [2.05, 4.69) is 201 Å². The summed E-state index contributed by atoms with van der Waals surface area (Å²) in [5, 5.41) is 5.16. The van der Waals surface area contributed by atoms with Crippen LogP contribution in [0.3, 0.4) is 0 Å². The smallest absolute Gasteiger partial charge is 0.0539 e. The Kier molecular flexibility index (Phi) is 8.88. The van der Waals surface area contributed by atoms with Gasteiger partial charge in [-0.05, 0) is 98.8 Å². The van der Waals surface area contributed by atoms with Gasteiger partial charge in [0.15, 0.2) is 0 Å². The molecule has 0 spiro atoms. The van der Waals surface area contributed by atoms with Crippen LogP contribution in [0.5, 0.6) is 0 Å². The molecule has 0 aliphatic heterocycles. The summed E-state index contributed by atoms with van der Waals surface area (Å²) >= 11 is 0. The highest BCUT2D eigenvalue weighted by atomic mass is 15.1. The minimum atomic E-state index is 0.339. The predicted octanol–water partition coefficient (Wildman–Crippen LogP) is 13.4. The topological polar surface area (TPSA) is 3.24 Å². The molecule has 1 heteroatoms. The third-order valence-corrected chi connectivity index (χ3v) is 10.6. The van der Waals surface area contributed by atoms with E-state index >= 15 is 0 Å². The van der Waals surface area contributed by atoms with Crippen LogP contribution in [0.2, 0.25) is 0 Å². The molecule has 2 unspecified atom stereocenters. The van der Waals surface area contributed by atoms with Crippen molar-refractivity contribution in [2.75, 3.05) is 4.90 Å². The molecule has 8 rings (SSSR count). The lowest BCUT2D eigenvalue weighted by atomic mass is 9.77. The van der Waals surface area contributed by atoms with Gasteiger partial charge in [0, 0.05) is 16.8 Å². The van der Waals surface area contributed by atoms with Gasteiger partial charge in [0.25, 0.3) is 0 Å². The second-order valence-corrected chi connectivity index (χ2v) is 13.9. The number of rotatable bonds is 9. The standard InChI is InChI=1S/C49H43N/c1-35-22-30-43(31-23-35)50(49-21-11-17-42-15-7-9-19-46(42)49)44-32-28-40(29-33-44)39-26-24-38(25-27-39)36(2)48(34-37-12-4-3-5-13-37)47-20-10-16-41-14-6-8-18-45(41)47/h3-22,24-33,35-36,48H,23,34H2,1-2H3/t35?,36?,48-/m1/s1. The average molecular weight is 646 g/mol. The molecule has 50 heavy (non-hydrogen) atoms. The normalized spacial score (nSPS) is 15.5. The Morgan fingerprint density at radius 2 is 1.20 bits per heavy atom. The first-order chi connectivity index (χ1) is 24.6. The van der Waals surface area contributed by atoms with Crippen molar-refractivity contribution < 1.29 is 0 Å². The van der Waals surface area contributed by atoms with E-state index in [9.17, 15) is 0 Å². The fourth-order valence-corrected chi connectivity index (χ4v) is 7.72. The average Bonchev–Trinajstić information content (AvgIpc) is 3.18. The summed E-state index contributed by atoms with van der Waals surface area (Å²) < 4.78 is 0. The number of hydrogen-bond donors (Lipinski definition) is 0. The fourth-order valence-electron chi connectivity index (χ4n) is 7.72. The zero-order chi connectivity index (χ0) is 33.9. The molecule has 1 aliphatic carbocycles. The third kappa shape index (κ3) is 6.40. The first-order valence-corrected chi connectivity index (χ1v) is 18.0. The van der Waals surface area contributed by atoms with E-state index in [1.807, 2.05) is 0 Å². The Morgan fingerprint density at radius 1 is 0.600 bits per heavy atom. The van der Waals surface area contributed by atoms with Crippen LogP contribution < -0.4 is 4.90 Å². The molecule has 7 aromatic carbocycles. The highest BCUT2D eigenvalue weighted by Gasteiger charge is 2.24. The first kappa shape index (κ1) is 31.6. The Morgan fingerprint density at radius 3 is 1.90 bits per heavy atom. The van der Waals surface area contributed by atoms with Gasteiger partial charge in [-0.15, -0.1) is 0 Å².